The third kappa shape index (κ3) is 1.55. The number of ketones is 2. The zero-order valence-electron chi connectivity index (χ0n) is 15.4. The Morgan fingerprint density at radius 2 is 2.11 bits per heavy atom. The molecule has 0 aromatic carbocycles. The largest absolute Gasteiger partial charge is 0.469 e. The summed E-state index contributed by atoms with van der Waals surface area (Å²) in [5.41, 5.74) is -3.74. The zero-order valence-corrected chi connectivity index (χ0v) is 15.4. The van der Waals surface area contributed by atoms with E-state index in [4.69, 9.17) is 17.3 Å². The van der Waals surface area contributed by atoms with Crippen molar-refractivity contribution in [1.29, 1.82) is 0 Å². The molecule has 1 spiro atoms. The van der Waals surface area contributed by atoms with Gasteiger partial charge < -0.3 is 9.47 Å². The minimum Gasteiger partial charge on any atom is -0.469 e. The molecule has 1 heterocycles. The van der Waals surface area contributed by atoms with Crippen LogP contribution in [0.4, 0.5) is 0 Å². The monoisotopic (exact) mass is 368 g/mol. The molecule has 6 nitrogen and oxygen atoms in total. The minimum absolute atomic E-state index is 0.0825. The summed E-state index contributed by atoms with van der Waals surface area (Å²) in [5.74, 6) is -2.89. The van der Waals surface area contributed by atoms with Crippen LogP contribution in [-0.2, 0) is 28.7 Å². The van der Waals surface area contributed by atoms with E-state index in [9.17, 15) is 19.2 Å². The SMILES string of the molecule is [B]C[C@@]12CC[C@@H]3[C@@](CC1=O)(C2)[C@@H](C(=O)OC)[C@@H]1[C@]2(C)C(=O)C=C[C@]13OC2=O. The molecule has 2 radical (unpaired) electrons. The number of methoxy groups -OCH3 is 1. The van der Waals surface area contributed by atoms with Crippen molar-refractivity contribution in [2.24, 2.45) is 34.0 Å². The average molecular weight is 368 g/mol. The Labute approximate surface area is 158 Å². The summed E-state index contributed by atoms with van der Waals surface area (Å²) in [7, 11) is 7.31. The molecule has 3 saturated carbocycles. The predicted molar refractivity (Wildman–Crippen MR) is 92.5 cm³/mol. The van der Waals surface area contributed by atoms with Gasteiger partial charge in [-0.05, 0) is 43.8 Å². The van der Waals surface area contributed by atoms with Crippen LogP contribution in [-0.4, -0.2) is 44.1 Å². The van der Waals surface area contributed by atoms with Gasteiger partial charge in [0.05, 0.1) is 20.9 Å². The Kier molecular flexibility index (Phi) is 3.01. The zero-order chi connectivity index (χ0) is 19.4. The minimum atomic E-state index is -1.42. The summed E-state index contributed by atoms with van der Waals surface area (Å²) in [6.07, 6.45) is 5.33. The Bertz CT molecular complexity index is 849. The van der Waals surface area contributed by atoms with Crippen LogP contribution in [0, 0.1) is 34.0 Å². The maximum absolute atomic E-state index is 13.0. The highest BCUT2D eigenvalue weighted by atomic mass is 16.6. The van der Waals surface area contributed by atoms with Crippen molar-refractivity contribution in [3.63, 3.8) is 0 Å². The van der Waals surface area contributed by atoms with Crippen LogP contribution in [0.25, 0.3) is 0 Å². The molecule has 140 valence electrons. The molecule has 0 N–H and O–H groups in total. The van der Waals surface area contributed by atoms with Gasteiger partial charge in [0.1, 0.15) is 16.8 Å². The third-order valence-corrected chi connectivity index (χ3v) is 8.51. The van der Waals surface area contributed by atoms with Gasteiger partial charge in [-0.2, -0.15) is 0 Å². The first-order valence-electron chi connectivity index (χ1n) is 9.50. The molecule has 0 amide bonds. The van der Waals surface area contributed by atoms with Crippen molar-refractivity contribution in [2.75, 3.05) is 7.11 Å². The van der Waals surface area contributed by atoms with E-state index in [1.165, 1.54) is 13.2 Å². The van der Waals surface area contributed by atoms with Gasteiger partial charge >= 0.3 is 11.9 Å². The third-order valence-electron chi connectivity index (χ3n) is 8.51. The van der Waals surface area contributed by atoms with Crippen LogP contribution in [0.1, 0.15) is 32.6 Å². The molecule has 5 aliphatic rings. The lowest BCUT2D eigenvalue weighted by atomic mass is 9.57. The summed E-state index contributed by atoms with van der Waals surface area (Å²) in [6.45, 7) is 1.57. The Hall–Kier alpha value is -1.92. The maximum Gasteiger partial charge on any atom is 0.321 e. The van der Waals surface area contributed by atoms with Crippen molar-refractivity contribution in [2.45, 2.75) is 44.5 Å². The van der Waals surface area contributed by atoms with Gasteiger partial charge in [0.15, 0.2) is 5.78 Å². The number of Topliss-reactive ketones (excluding diaryl/α,β-unsaturated/α-hetero) is 1. The number of fused-ring (bicyclic) bond motifs is 1. The fourth-order valence-electron chi connectivity index (χ4n) is 7.37. The van der Waals surface area contributed by atoms with Gasteiger partial charge in [-0.3, -0.25) is 19.2 Å². The topological polar surface area (TPSA) is 86.7 Å². The fourth-order valence-corrected chi connectivity index (χ4v) is 7.37. The van der Waals surface area contributed by atoms with Crippen LogP contribution < -0.4 is 0 Å². The first-order chi connectivity index (χ1) is 12.7. The van der Waals surface area contributed by atoms with E-state index >= 15 is 0 Å². The lowest BCUT2D eigenvalue weighted by Crippen LogP contribution is -2.49. The van der Waals surface area contributed by atoms with Gasteiger partial charge in [-0.15, -0.1) is 0 Å². The number of allylic oxidation sites excluding steroid dienone is 1. The standard InChI is InChI=1S/C20H21BO6/c1-17-11(22)4-6-20(27-16(17)25)10-3-5-18(9-21)8-19(10,7-12(18)23)13(14(17)20)15(24)26-2/h4,6,10,13-14H,3,5,7-9H2,1-2H3/t10-,13-,14-,17+,18+,19-,20-/m1/s1. The van der Waals surface area contributed by atoms with E-state index in [-0.39, 0.29) is 30.2 Å². The molecule has 5 rings (SSSR count). The van der Waals surface area contributed by atoms with E-state index in [0.717, 1.165) is 0 Å². The van der Waals surface area contributed by atoms with E-state index in [2.05, 4.69) is 0 Å². The number of rotatable bonds is 2. The molecule has 27 heavy (non-hydrogen) atoms. The second kappa shape index (κ2) is 4.73. The molecule has 0 unspecified atom stereocenters. The molecule has 4 bridgehead atoms. The molecular formula is C20H21BO6. The summed E-state index contributed by atoms with van der Waals surface area (Å²) in [5, 5.41) is 0. The second-order valence-corrected chi connectivity index (χ2v) is 9.21. The molecule has 7 atom stereocenters. The molecule has 0 aromatic heterocycles. The maximum atomic E-state index is 13.0. The van der Waals surface area contributed by atoms with Crippen LogP contribution in [0.2, 0.25) is 6.32 Å². The molecule has 4 fully saturated rings. The van der Waals surface area contributed by atoms with Crippen molar-refractivity contribution in [3.05, 3.63) is 12.2 Å². The highest BCUT2D eigenvalue weighted by molar-refractivity contribution is 6.14. The van der Waals surface area contributed by atoms with E-state index in [1.54, 1.807) is 13.0 Å². The average Bonchev–Trinajstić information content (AvgIpc) is 3.09. The Morgan fingerprint density at radius 3 is 2.78 bits per heavy atom. The van der Waals surface area contributed by atoms with Gasteiger partial charge in [-0.25, -0.2) is 0 Å². The Balaban J connectivity index is 1.77. The number of carbonyl (C=O) groups excluding carboxylic acids is 4. The van der Waals surface area contributed by atoms with Crippen molar-refractivity contribution in [1.82, 2.24) is 0 Å². The first-order valence-corrected chi connectivity index (χ1v) is 9.50. The van der Waals surface area contributed by atoms with Crippen LogP contribution in [0.5, 0.6) is 0 Å². The summed E-state index contributed by atoms with van der Waals surface area (Å²) in [6, 6.07) is 0. The number of hydrogen-bond donors (Lipinski definition) is 0. The summed E-state index contributed by atoms with van der Waals surface area (Å²) in [4.78, 5) is 51.5. The highest BCUT2D eigenvalue weighted by Crippen LogP contribution is 2.77. The first kappa shape index (κ1) is 17.2. The lowest BCUT2D eigenvalue weighted by molar-refractivity contribution is -0.161. The number of carbonyl (C=O) groups is 4. The quantitative estimate of drug-likeness (QED) is 0.413. The predicted octanol–water partition coefficient (Wildman–Crippen LogP) is 1.18. The fraction of sp³-hybridized carbons (Fsp3) is 0.700. The van der Waals surface area contributed by atoms with E-state index < -0.39 is 45.6 Å². The van der Waals surface area contributed by atoms with Gasteiger partial charge in [0.25, 0.3) is 0 Å². The molecule has 1 aliphatic heterocycles. The molecule has 7 heteroatoms. The van der Waals surface area contributed by atoms with Crippen molar-refractivity contribution in [3.8, 4) is 0 Å². The highest BCUT2D eigenvalue weighted by Gasteiger charge is 2.84. The molecule has 4 aliphatic carbocycles. The van der Waals surface area contributed by atoms with Gasteiger partial charge in [0, 0.05) is 23.7 Å². The second-order valence-electron chi connectivity index (χ2n) is 9.21. The van der Waals surface area contributed by atoms with Crippen molar-refractivity contribution >= 4 is 31.4 Å². The smallest absolute Gasteiger partial charge is 0.321 e. The van der Waals surface area contributed by atoms with Crippen LogP contribution in [0.15, 0.2) is 12.2 Å². The summed E-state index contributed by atoms with van der Waals surface area (Å²) < 4.78 is 11.0. The van der Waals surface area contributed by atoms with Crippen LogP contribution in [0.3, 0.4) is 0 Å². The number of ether oxygens (including phenoxy) is 2. The molecule has 0 aromatic rings. The van der Waals surface area contributed by atoms with Gasteiger partial charge in [0.2, 0.25) is 0 Å². The Morgan fingerprint density at radius 1 is 1.37 bits per heavy atom. The molecule has 1 saturated heterocycles. The number of hydrogen-bond acceptors (Lipinski definition) is 6. The van der Waals surface area contributed by atoms with Crippen LogP contribution >= 0.6 is 0 Å². The number of esters is 2. The lowest BCUT2D eigenvalue weighted by Gasteiger charge is -2.45. The molecular weight excluding hydrogens is 347 g/mol. The van der Waals surface area contributed by atoms with Crippen molar-refractivity contribution < 1.29 is 28.7 Å². The normalized spacial score (nSPS) is 51.8. The van der Waals surface area contributed by atoms with E-state index in [0.29, 0.717) is 19.3 Å². The van der Waals surface area contributed by atoms with Gasteiger partial charge in [-0.1, -0.05) is 6.32 Å². The summed E-state index contributed by atoms with van der Waals surface area (Å²) >= 11 is 0. The van der Waals surface area contributed by atoms with E-state index in [1.807, 2.05) is 0 Å².